The zero-order valence-corrected chi connectivity index (χ0v) is 27.6. The van der Waals surface area contributed by atoms with E-state index in [1.807, 2.05) is 48.1 Å². The van der Waals surface area contributed by atoms with E-state index in [1.54, 1.807) is 6.07 Å². The zero-order valence-electron chi connectivity index (χ0n) is 24.6. The van der Waals surface area contributed by atoms with Gasteiger partial charge in [-0.15, -0.1) is 0 Å². The van der Waals surface area contributed by atoms with Crippen LogP contribution in [0.3, 0.4) is 0 Å². The van der Waals surface area contributed by atoms with Crippen LogP contribution in [0.4, 0.5) is 4.79 Å². The van der Waals surface area contributed by atoms with E-state index in [2.05, 4.69) is 6.92 Å². The Morgan fingerprint density at radius 3 is 2.08 bits per heavy atom. The van der Waals surface area contributed by atoms with E-state index in [9.17, 15) is 9.59 Å². The van der Waals surface area contributed by atoms with E-state index in [0.717, 1.165) is 35.4 Å². The van der Waals surface area contributed by atoms with Gasteiger partial charge in [0.05, 0.1) is 18.2 Å². The van der Waals surface area contributed by atoms with E-state index in [1.165, 1.54) is 71.1 Å². The van der Waals surface area contributed by atoms with Gasteiger partial charge in [0.25, 0.3) is 0 Å². The molecule has 0 fully saturated rings. The SMILES string of the molecule is CCCCCCCCCCCCCCOc1ccc(COC(=O)N(Cc2ccc[n+](CC)c2)C(C)=O)cc1Cl.[I-]. The number of nitrogens with zero attached hydrogens (tertiary/aromatic N) is 2. The van der Waals surface area contributed by atoms with Gasteiger partial charge in [-0.25, -0.2) is 14.3 Å². The molecule has 1 aromatic carbocycles. The maximum Gasteiger partial charge on any atom is 0.417 e. The Morgan fingerprint density at radius 2 is 1.50 bits per heavy atom. The van der Waals surface area contributed by atoms with Crippen molar-refractivity contribution in [1.82, 2.24) is 4.90 Å². The summed E-state index contributed by atoms with van der Waals surface area (Å²) in [6.07, 6.45) is 18.8. The lowest BCUT2D eigenvalue weighted by molar-refractivity contribution is -0.694. The molecule has 224 valence electrons. The smallest absolute Gasteiger partial charge is 0.417 e. The second-order valence-corrected chi connectivity index (χ2v) is 10.6. The Morgan fingerprint density at radius 1 is 0.875 bits per heavy atom. The number of unbranched alkanes of at least 4 members (excludes halogenated alkanes) is 11. The van der Waals surface area contributed by atoms with Gasteiger partial charge in [-0.3, -0.25) is 4.79 Å². The van der Waals surface area contributed by atoms with Crippen LogP contribution in [0.25, 0.3) is 0 Å². The monoisotopic (exact) mass is 686 g/mol. The summed E-state index contributed by atoms with van der Waals surface area (Å²) in [6.45, 7) is 7.26. The molecule has 6 nitrogen and oxygen atoms in total. The van der Waals surface area contributed by atoms with Crippen LogP contribution in [0, 0.1) is 0 Å². The fourth-order valence-corrected chi connectivity index (χ4v) is 4.71. The van der Waals surface area contributed by atoms with Crippen molar-refractivity contribution >= 4 is 23.6 Å². The largest absolute Gasteiger partial charge is 1.00 e. The summed E-state index contributed by atoms with van der Waals surface area (Å²) in [4.78, 5) is 25.8. The Kier molecular flexibility index (Phi) is 19.7. The van der Waals surface area contributed by atoms with Crippen LogP contribution in [-0.2, 0) is 29.2 Å². The highest BCUT2D eigenvalue weighted by atomic mass is 127. The van der Waals surface area contributed by atoms with Gasteiger partial charge >= 0.3 is 6.09 Å². The molecule has 1 heterocycles. The summed E-state index contributed by atoms with van der Waals surface area (Å²) in [7, 11) is 0. The third kappa shape index (κ3) is 14.7. The third-order valence-corrected chi connectivity index (χ3v) is 7.14. The predicted octanol–water partition coefficient (Wildman–Crippen LogP) is 5.42. The van der Waals surface area contributed by atoms with E-state index in [-0.39, 0.29) is 43.0 Å². The molecule has 0 radical (unpaired) electrons. The van der Waals surface area contributed by atoms with Gasteiger partial charge < -0.3 is 33.5 Å². The molecule has 0 aliphatic heterocycles. The Labute approximate surface area is 263 Å². The second-order valence-electron chi connectivity index (χ2n) is 10.2. The summed E-state index contributed by atoms with van der Waals surface area (Å²) >= 11 is 6.41. The van der Waals surface area contributed by atoms with Crippen LogP contribution in [0.5, 0.6) is 5.75 Å². The molecule has 2 rings (SSSR count). The highest BCUT2D eigenvalue weighted by molar-refractivity contribution is 6.32. The molecule has 8 heteroatoms. The molecule has 0 atom stereocenters. The number of hydrogen-bond acceptors (Lipinski definition) is 4. The maximum absolute atomic E-state index is 12.6. The molecule has 0 spiro atoms. The summed E-state index contributed by atoms with van der Waals surface area (Å²) < 4.78 is 13.3. The highest BCUT2D eigenvalue weighted by Crippen LogP contribution is 2.26. The van der Waals surface area contributed by atoms with Gasteiger partial charge in [0.15, 0.2) is 12.4 Å². The van der Waals surface area contributed by atoms with Crippen LogP contribution in [-0.4, -0.2) is 23.5 Å². The number of halogens is 2. The fourth-order valence-electron chi connectivity index (χ4n) is 4.45. The van der Waals surface area contributed by atoms with Gasteiger partial charge in [0.1, 0.15) is 18.9 Å². The molecule has 0 unspecified atom stereocenters. The Bertz CT molecular complexity index is 1000. The van der Waals surface area contributed by atoms with Crippen molar-refractivity contribution in [3.05, 3.63) is 58.9 Å². The zero-order chi connectivity index (χ0) is 28.3. The first-order valence-corrected chi connectivity index (χ1v) is 15.2. The van der Waals surface area contributed by atoms with Gasteiger partial charge in [-0.1, -0.05) is 95.2 Å². The molecule has 2 aromatic rings. The molecule has 0 bridgehead atoms. The molecular formula is C32H48ClIN2O4. The molecule has 1 aromatic heterocycles. The topological polar surface area (TPSA) is 59.7 Å². The van der Waals surface area contributed by atoms with Crippen LogP contribution in [0.2, 0.25) is 5.02 Å². The molecule has 0 saturated heterocycles. The summed E-state index contributed by atoms with van der Waals surface area (Å²) in [5.74, 6) is 0.264. The van der Waals surface area contributed by atoms with Crippen LogP contribution in [0.1, 0.15) is 109 Å². The van der Waals surface area contributed by atoms with E-state index >= 15 is 0 Å². The third-order valence-electron chi connectivity index (χ3n) is 6.84. The van der Waals surface area contributed by atoms with Crippen molar-refractivity contribution in [3.8, 4) is 5.75 Å². The van der Waals surface area contributed by atoms with E-state index < -0.39 is 6.09 Å². The molecule has 0 saturated carbocycles. The first-order chi connectivity index (χ1) is 18.9. The number of ether oxygens (including phenoxy) is 2. The number of hydrogen-bond donors (Lipinski definition) is 0. The first-order valence-electron chi connectivity index (χ1n) is 14.8. The number of carbonyl (C=O) groups is 2. The lowest BCUT2D eigenvalue weighted by atomic mass is 10.1. The van der Waals surface area contributed by atoms with Crippen LogP contribution < -0.4 is 33.3 Å². The first kappa shape index (κ1) is 36.2. The minimum Gasteiger partial charge on any atom is -1.00 e. The van der Waals surface area contributed by atoms with Gasteiger partial charge in [0, 0.05) is 18.6 Å². The average molecular weight is 687 g/mol. The quantitative estimate of drug-likeness (QED) is 0.113. The fraction of sp³-hybridized carbons (Fsp3) is 0.594. The number of carbonyl (C=O) groups excluding carboxylic acids is 2. The lowest BCUT2D eigenvalue weighted by Crippen LogP contribution is -3.00. The maximum atomic E-state index is 12.6. The molecule has 40 heavy (non-hydrogen) atoms. The van der Waals surface area contributed by atoms with E-state index in [0.29, 0.717) is 17.4 Å². The van der Waals surface area contributed by atoms with Crippen molar-refractivity contribution < 1.29 is 47.6 Å². The number of amides is 2. The Hall–Kier alpha value is -1.87. The standard InChI is InChI=1S/C32H48ClN2O4.HI/c1-4-6-7-8-9-10-11-12-13-14-15-16-22-38-31-20-19-28(23-30(31)33)26-39-32(37)35(27(3)36)25-29-18-17-21-34(5-2)24-29;/h17-21,23-24H,4-16,22,25-26H2,1-3H3;1H/q+1;/p-1. The Balaban J connectivity index is 0.00000800. The van der Waals surface area contributed by atoms with Crippen LogP contribution >= 0.6 is 11.6 Å². The van der Waals surface area contributed by atoms with Gasteiger partial charge in [0.2, 0.25) is 5.91 Å². The average Bonchev–Trinajstić information content (AvgIpc) is 2.93. The highest BCUT2D eigenvalue weighted by Gasteiger charge is 2.21. The molecule has 0 aliphatic rings. The minimum atomic E-state index is -0.683. The summed E-state index contributed by atoms with van der Waals surface area (Å²) in [5.41, 5.74) is 1.59. The second kappa shape index (κ2) is 21.8. The van der Waals surface area contributed by atoms with Crippen molar-refractivity contribution in [3.63, 3.8) is 0 Å². The van der Waals surface area contributed by atoms with Gasteiger partial charge in [-0.2, -0.15) is 0 Å². The van der Waals surface area contributed by atoms with Gasteiger partial charge in [-0.05, 0) is 37.1 Å². The van der Waals surface area contributed by atoms with Crippen LogP contribution in [0.15, 0.2) is 42.7 Å². The predicted molar refractivity (Wildman–Crippen MR) is 157 cm³/mol. The molecular weight excluding hydrogens is 639 g/mol. The van der Waals surface area contributed by atoms with E-state index in [4.69, 9.17) is 21.1 Å². The molecule has 2 amide bonds. The number of imide groups is 1. The minimum absolute atomic E-state index is 0. The number of benzene rings is 1. The summed E-state index contributed by atoms with van der Waals surface area (Å²) in [5, 5.41) is 0.485. The normalized spacial score (nSPS) is 10.6. The number of aryl methyl sites for hydroxylation is 1. The summed E-state index contributed by atoms with van der Waals surface area (Å²) in [6, 6.07) is 9.15. The lowest BCUT2D eigenvalue weighted by Gasteiger charge is -2.18. The van der Waals surface area contributed by atoms with Crippen molar-refractivity contribution in [1.29, 1.82) is 0 Å². The van der Waals surface area contributed by atoms with Crippen molar-refractivity contribution in [2.24, 2.45) is 0 Å². The number of pyridine rings is 1. The molecule has 0 aliphatic carbocycles. The molecule has 0 N–H and O–H groups in total. The van der Waals surface area contributed by atoms with Crippen molar-refractivity contribution in [2.75, 3.05) is 6.61 Å². The number of rotatable bonds is 19. The number of aromatic nitrogens is 1. The van der Waals surface area contributed by atoms with Crippen molar-refractivity contribution in [2.45, 2.75) is 118 Å².